The van der Waals surface area contributed by atoms with E-state index in [1.165, 1.54) is 25.7 Å². The van der Waals surface area contributed by atoms with Gasteiger partial charge in [-0.05, 0) is 70.3 Å². The topological polar surface area (TPSA) is 212 Å². The van der Waals surface area contributed by atoms with Crippen LogP contribution in [0.4, 0.5) is 0 Å². The van der Waals surface area contributed by atoms with Crippen LogP contribution in [-0.4, -0.2) is 76.1 Å². The molecule has 0 aliphatic rings. The Morgan fingerprint density at radius 3 is 1.62 bits per heavy atom. The largest absolute Gasteiger partial charge is 0.472 e. The number of ether oxygens (including phenoxy) is 2. The van der Waals surface area contributed by atoms with E-state index in [0.29, 0.717) is 19.3 Å². The highest BCUT2D eigenvalue weighted by molar-refractivity contribution is 7.47. The van der Waals surface area contributed by atoms with Gasteiger partial charge in [-0.3, -0.25) is 28.0 Å². The quantitative estimate of drug-likeness (QED) is 0.0112. The first-order valence-corrected chi connectivity index (χ1v) is 25.3. The summed E-state index contributed by atoms with van der Waals surface area (Å²) < 4.78 is 47.7. The van der Waals surface area contributed by atoms with Gasteiger partial charge in [-0.1, -0.05) is 133 Å². The SMILES string of the molecule is CCCCC/C=C\C/C=C\CCCCCCCCCC(=O)OC[C@H](COP(=O)(O)OC[C@@H](O)COP(=O)(O)O)OC(=O)CCCCCCC/C=C\C=C\C(=O)CCCCC. The molecule has 0 rings (SSSR count). The van der Waals surface area contributed by atoms with E-state index in [1.807, 2.05) is 12.2 Å². The maximum absolute atomic E-state index is 12.7. The number of esters is 2. The maximum Gasteiger partial charge on any atom is 0.472 e. The monoisotopic (exact) mass is 892 g/mol. The number of phosphoric ester groups is 2. The molecule has 1 unspecified atom stereocenters. The summed E-state index contributed by atoms with van der Waals surface area (Å²) in [4.78, 5) is 64.5. The van der Waals surface area contributed by atoms with Gasteiger partial charge in [0.15, 0.2) is 11.9 Å². The summed E-state index contributed by atoms with van der Waals surface area (Å²) in [6.45, 7) is 1.52. The van der Waals surface area contributed by atoms with E-state index in [1.54, 1.807) is 12.2 Å². The van der Waals surface area contributed by atoms with Crippen molar-refractivity contribution in [2.24, 2.45) is 0 Å². The van der Waals surface area contributed by atoms with Gasteiger partial charge in [-0.2, -0.15) is 0 Å². The fourth-order valence-electron chi connectivity index (χ4n) is 5.71. The average molecular weight is 893 g/mol. The Hall–Kier alpha value is -2.25. The van der Waals surface area contributed by atoms with Crippen molar-refractivity contribution in [3.63, 3.8) is 0 Å². The number of unbranched alkanes of at least 4 members (excludes halogenated alkanes) is 17. The zero-order valence-electron chi connectivity index (χ0n) is 36.5. The Kier molecular flexibility index (Phi) is 38.1. The Morgan fingerprint density at radius 2 is 1.02 bits per heavy atom. The van der Waals surface area contributed by atoms with E-state index in [9.17, 15) is 33.5 Å². The molecule has 0 saturated heterocycles. The van der Waals surface area contributed by atoms with Crippen molar-refractivity contribution in [1.29, 1.82) is 0 Å². The van der Waals surface area contributed by atoms with Crippen molar-refractivity contribution < 1.29 is 66.3 Å². The molecule has 0 aromatic carbocycles. The molecule has 0 heterocycles. The molecule has 0 fully saturated rings. The molecule has 0 bridgehead atoms. The van der Waals surface area contributed by atoms with Crippen LogP contribution in [0.1, 0.15) is 174 Å². The smallest absolute Gasteiger partial charge is 0.462 e. The summed E-state index contributed by atoms with van der Waals surface area (Å²) in [5.41, 5.74) is 0. The Labute approximate surface area is 360 Å². The molecular weight excluding hydrogens is 814 g/mol. The van der Waals surface area contributed by atoms with Crippen LogP contribution in [0.15, 0.2) is 48.6 Å². The minimum atomic E-state index is -4.88. The highest BCUT2D eigenvalue weighted by Gasteiger charge is 2.28. The Balaban J connectivity index is 4.58. The molecule has 3 atom stereocenters. The lowest BCUT2D eigenvalue weighted by molar-refractivity contribution is -0.161. The number of rotatable bonds is 42. The van der Waals surface area contributed by atoms with Crippen molar-refractivity contribution in [3.05, 3.63) is 48.6 Å². The fourth-order valence-corrected chi connectivity index (χ4v) is 6.87. The van der Waals surface area contributed by atoms with Crippen LogP contribution in [0.5, 0.6) is 0 Å². The predicted octanol–water partition coefficient (Wildman–Crippen LogP) is 10.6. The number of phosphoric acid groups is 2. The van der Waals surface area contributed by atoms with Gasteiger partial charge >= 0.3 is 27.6 Å². The number of carbonyl (C=O) groups is 3. The summed E-state index contributed by atoms with van der Waals surface area (Å²) in [6, 6.07) is 0. The molecule has 16 heteroatoms. The van der Waals surface area contributed by atoms with Crippen molar-refractivity contribution in [3.8, 4) is 0 Å². The molecule has 0 amide bonds. The molecule has 0 radical (unpaired) electrons. The molecule has 0 aromatic rings. The highest BCUT2D eigenvalue weighted by atomic mass is 31.2. The first-order valence-electron chi connectivity index (χ1n) is 22.3. The molecule has 14 nitrogen and oxygen atoms in total. The third-order valence-electron chi connectivity index (χ3n) is 9.16. The second-order valence-corrected chi connectivity index (χ2v) is 17.7. The van der Waals surface area contributed by atoms with Crippen LogP contribution < -0.4 is 0 Å². The summed E-state index contributed by atoms with van der Waals surface area (Å²) in [5, 5.41) is 9.74. The van der Waals surface area contributed by atoms with Crippen LogP contribution in [0.25, 0.3) is 0 Å². The van der Waals surface area contributed by atoms with Gasteiger partial charge < -0.3 is 29.3 Å². The molecule has 0 spiro atoms. The van der Waals surface area contributed by atoms with Crippen molar-refractivity contribution in [2.75, 3.05) is 26.4 Å². The van der Waals surface area contributed by atoms with Crippen molar-refractivity contribution >= 4 is 33.4 Å². The van der Waals surface area contributed by atoms with Gasteiger partial charge in [0.2, 0.25) is 0 Å². The number of allylic oxidation sites excluding steroid dienone is 8. The zero-order chi connectivity index (χ0) is 44.6. The first-order chi connectivity index (χ1) is 28.8. The van der Waals surface area contributed by atoms with Crippen LogP contribution in [0.3, 0.4) is 0 Å². The third-order valence-corrected chi connectivity index (χ3v) is 10.6. The van der Waals surface area contributed by atoms with Gasteiger partial charge in [-0.25, -0.2) is 9.13 Å². The summed E-state index contributed by atoms with van der Waals surface area (Å²) in [6.07, 6.45) is 36.5. The van der Waals surface area contributed by atoms with E-state index in [-0.39, 0.29) is 18.6 Å². The Morgan fingerprint density at radius 1 is 0.533 bits per heavy atom. The molecule has 348 valence electrons. The van der Waals surface area contributed by atoms with E-state index in [0.717, 1.165) is 103 Å². The first kappa shape index (κ1) is 57.8. The zero-order valence-corrected chi connectivity index (χ0v) is 38.3. The number of hydrogen-bond donors (Lipinski definition) is 4. The summed E-state index contributed by atoms with van der Waals surface area (Å²) in [5.74, 6) is -0.958. The molecule has 0 saturated carbocycles. The number of ketones is 1. The van der Waals surface area contributed by atoms with Crippen LogP contribution in [0.2, 0.25) is 0 Å². The lowest BCUT2D eigenvalue weighted by atomic mass is 10.1. The van der Waals surface area contributed by atoms with Crippen molar-refractivity contribution in [1.82, 2.24) is 0 Å². The third kappa shape index (κ3) is 42.4. The number of carbonyl (C=O) groups excluding carboxylic acids is 3. The lowest BCUT2D eigenvalue weighted by Gasteiger charge is -2.20. The standard InChI is InChI=1S/C44H78O14P2/c1-3-5-7-8-9-10-11-12-13-14-15-16-17-20-23-26-30-34-43(47)54-38-42(39-57-60(52,53)56-37-41(46)36-55-59(49,50)51)58-44(48)35-31-27-24-21-18-19-22-25-29-33-40(45)32-28-6-4-2/h9-10,12-13,22,25,29,33,41-42,46H,3-8,11,14-21,23-24,26-28,30-32,34-39H2,1-2H3,(H,52,53)(H2,49,50,51)/b10-9-,13-12-,25-22-,33-29+/t41-,42+/m0/s1. The molecule has 4 N–H and O–H groups in total. The van der Waals surface area contributed by atoms with Gasteiger partial charge in [0.1, 0.15) is 12.7 Å². The molecule has 0 aliphatic heterocycles. The second-order valence-electron chi connectivity index (χ2n) is 15.0. The fraction of sp³-hybridized carbons (Fsp3) is 0.750. The van der Waals surface area contributed by atoms with E-state index in [2.05, 4.69) is 47.2 Å². The molecule has 60 heavy (non-hydrogen) atoms. The number of aliphatic hydroxyl groups is 1. The molecular formula is C44H78O14P2. The van der Waals surface area contributed by atoms with E-state index >= 15 is 0 Å². The van der Waals surface area contributed by atoms with E-state index < -0.39 is 66.2 Å². The lowest BCUT2D eigenvalue weighted by Crippen LogP contribution is -2.30. The maximum atomic E-state index is 12.7. The van der Waals surface area contributed by atoms with Gasteiger partial charge in [-0.15, -0.1) is 0 Å². The molecule has 0 aliphatic carbocycles. The number of aliphatic hydroxyl groups excluding tert-OH is 1. The van der Waals surface area contributed by atoms with Gasteiger partial charge in [0, 0.05) is 19.3 Å². The van der Waals surface area contributed by atoms with Crippen LogP contribution in [-0.2, 0) is 46.6 Å². The minimum absolute atomic E-state index is 0.0774. The summed E-state index contributed by atoms with van der Waals surface area (Å²) in [7, 11) is -9.71. The normalized spacial score (nSPS) is 14.4. The van der Waals surface area contributed by atoms with Crippen LogP contribution in [0, 0.1) is 0 Å². The number of hydrogen-bond acceptors (Lipinski definition) is 11. The van der Waals surface area contributed by atoms with Gasteiger partial charge in [0.05, 0.1) is 19.8 Å². The Bertz CT molecular complexity index is 1310. The minimum Gasteiger partial charge on any atom is -0.462 e. The second kappa shape index (κ2) is 39.6. The van der Waals surface area contributed by atoms with Gasteiger partial charge in [0.25, 0.3) is 0 Å². The summed E-state index contributed by atoms with van der Waals surface area (Å²) >= 11 is 0. The highest BCUT2D eigenvalue weighted by Crippen LogP contribution is 2.43. The molecule has 0 aromatic heterocycles. The van der Waals surface area contributed by atoms with Crippen molar-refractivity contribution in [2.45, 2.75) is 187 Å². The van der Waals surface area contributed by atoms with E-state index in [4.69, 9.17) is 23.8 Å². The predicted molar refractivity (Wildman–Crippen MR) is 235 cm³/mol. The van der Waals surface area contributed by atoms with Crippen LogP contribution >= 0.6 is 15.6 Å². The average Bonchev–Trinajstić information content (AvgIpc) is 3.20.